The highest BCUT2D eigenvalue weighted by Crippen LogP contribution is 2.23. The largest absolute Gasteiger partial charge is 0.477 e. The number of aromatic carboxylic acids is 1. The number of ether oxygens (including phenoxy) is 1. The molecule has 17 heavy (non-hydrogen) atoms. The van der Waals surface area contributed by atoms with Gasteiger partial charge in [0.25, 0.3) is 0 Å². The van der Waals surface area contributed by atoms with Gasteiger partial charge in [0.15, 0.2) is 5.69 Å². The van der Waals surface area contributed by atoms with Gasteiger partial charge in [-0.1, -0.05) is 15.9 Å². The van der Waals surface area contributed by atoms with E-state index in [-0.39, 0.29) is 5.69 Å². The second kappa shape index (κ2) is 4.97. The van der Waals surface area contributed by atoms with E-state index in [1.165, 1.54) is 12.3 Å². The number of carboxylic acid groups (broad SMARTS) is 1. The van der Waals surface area contributed by atoms with Crippen molar-refractivity contribution in [3.05, 3.63) is 52.8 Å². The number of rotatable bonds is 3. The lowest BCUT2D eigenvalue weighted by Gasteiger charge is -2.05. The smallest absolute Gasteiger partial charge is 0.354 e. The molecule has 1 aromatic carbocycles. The second-order valence-electron chi connectivity index (χ2n) is 3.24. The first-order valence-corrected chi connectivity index (χ1v) is 5.57. The van der Waals surface area contributed by atoms with Crippen LogP contribution in [0.15, 0.2) is 47.1 Å². The van der Waals surface area contributed by atoms with Crippen LogP contribution in [0.2, 0.25) is 0 Å². The lowest BCUT2D eigenvalue weighted by atomic mass is 10.3. The number of aromatic nitrogens is 1. The summed E-state index contributed by atoms with van der Waals surface area (Å²) in [7, 11) is 0. The van der Waals surface area contributed by atoms with E-state index >= 15 is 0 Å². The summed E-state index contributed by atoms with van der Waals surface area (Å²) in [4.78, 5) is 14.4. The fourth-order valence-electron chi connectivity index (χ4n) is 1.23. The molecule has 0 spiro atoms. The summed E-state index contributed by atoms with van der Waals surface area (Å²) < 4.78 is 6.45. The summed E-state index contributed by atoms with van der Waals surface area (Å²) in [6.45, 7) is 0. The van der Waals surface area contributed by atoms with Gasteiger partial charge in [-0.2, -0.15) is 0 Å². The Morgan fingerprint density at radius 1 is 1.18 bits per heavy atom. The maximum absolute atomic E-state index is 10.7. The molecule has 0 aliphatic rings. The molecule has 0 aliphatic carbocycles. The van der Waals surface area contributed by atoms with Gasteiger partial charge in [0.05, 0.1) is 0 Å². The number of hydrogen-bond acceptors (Lipinski definition) is 3. The molecule has 1 heterocycles. The van der Waals surface area contributed by atoms with Crippen molar-refractivity contribution in [2.24, 2.45) is 0 Å². The normalized spacial score (nSPS) is 9.94. The molecule has 86 valence electrons. The van der Waals surface area contributed by atoms with Crippen LogP contribution >= 0.6 is 15.9 Å². The van der Waals surface area contributed by atoms with E-state index in [2.05, 4.69) is 20.9 Å². The Kier molecular flexibility index (Phi) is 3.39. The van der Waals surface area contributed by atoms with Gasteiger partial charge in [-0.25, -0.2) is 9.78 Å². The Morgan fingerprint density at radius 3 is 2.53 bits per heavy atom. The summed E-state index contributed by atoms with van der Waals surface area (Å²) in [6.07, 6.45) is 1.40. The molecule has 0 saturated carbocycles. The quantitative estimate of drug-likeness (QED) is 0.943. The summed E-state index contributed by atoms with van der Waals surface area (Å²) in [5, 5.41) is 8.79. The van der Waals surface area contributed by atoms with E-state index in [1.807, 2.05) is 12.1 Å². The first-order chi connectivity index (χ1) is 8.15. The maximum Gasteiger partial charge on any atom is 0.354 e. The van der Waals surface area contributed by atoms with Crippen molar-refractivity contribution in [2.45, 2.75) is 0 Å². The van der Waals surface area contributed by atoms with Crippen molar-refractivity contribution >= 4 is 21.9 Å². The number of hydrogen-bond donors (Lipinski definition) is 1. The Morgan fingerprint density at radius 2 is 1.88 bits per heavy atom. The highest BCUT2D eigenvalue weighted by Gasteiger charge is 2.06. The Hall–Kier alpha value is -1.88. The van der Waals surface area contributed by atoms with Crippen LogP contribution in [0.25, 0.3) is 0 Å². The molecule has 1 aromatic heterocycles. The van der Waals surface area contributed by atoms with Crippen LogP contribution in [0.1, 0.15) is 10.5 Å². The first kappa shape index (κ1) is 11.6. The zero-order valence-corrected chi connectivity index (χ0v) is 10.2. The van der Waals surface area contributed by atoms with Crippen molar-refractivity contribution in [1.29, 1.82) is 0 Å². The third kappa shape index (κ3) is 3.04. The lowest BCUT2D eigenvalue weighted by Crippen LogP contribution is -1.99. The monoisotopic (exact) mass is 293 g/mol. The Bertz CT molecular complexity index is 540. The fourth-order valence-corrected chi connectivity index (χ4v) is 1.49. The zero-order chi connectivity index (χ0) is 12.3. The molecule has 4 nitrogen and oxygen atoms in total. The Labute approximate surface area is 106 Å². The molecular formula is C12H8BrNO3. The highest BCUT2D eigenvalue weighted by molar-refractivity contribution is 9.10. The van der Waals surface area contributed by atoms with Crippen LogP contribution in [-0.2, 0) is 0 Å². The minimum Gasteiger partial charge on any atom is -0.477 e. The minimum atomic E-state index is -1.08. The summed E-state index contributed by atoms with van der Waals surface area (Å²) in [5.74, 6) is 0.00159. The number of carbonyl (C=O) groups is 1. The van der Waals surface area contributed by atoms with E-state index in [1.54, 1.807) is 18.2 Å². The minimum absolute atomic E-state index is 0.0420. The third-order valence-corrected chi connectivity index (χ3v) is 2.53. The van der Waals surface area contributed by atoms with E-state index in [0.717, 1.165) is 4.47 Å². The molecule has 2 aromatic rings. The average molecular weight is 294 g/mol. The van der Waals surface area contributed by atoms with Crippen molar-refractivity contribution < 1.29 is 14.6 Å². The molecule has 0 atom stereocenters. The number of benzene rings is 1. The van der Waals surface area contributed by atoms with E-state index < -0.39 is 5.97 Å². The van der Waals surface area contributed by atoms with Crippen molar-refractivity contribution in [1.82, 2.24) is 4.98 Å². The fraction of sp³-hybridized carbons (Fsp3) is 0. The van der Waals surface area contributed by atoms with Crippen molar-refractivity contribution in [3.8, 4) is 11.5 Å². The standard InChI is InChI=1S/C12H8BrNO3/c13-8-1-3-9(4-2-8)17-10-5-6-14-11(7-10)12(15)16/h1-7H,(H,15,16). The zero-order valence-electron chi connectivity index (χ0n) is 8.63. The third-order valence-electron chi connectivity index (χ3n) is 2.00. The molecular weight excluding hydrogens is 286 g/mol. The SMILES string of the molecule is O=C(O)c1cc(Oc2ccc(Br)cc2)ccn1. The van der Waals surface area contributed by atoms with Gasteiger partial charge in [-0.15, -0.1) is 0 Å². The highest BCUT2D eigenvalue weighted by atomic mass is 79.9. The van der Waals surface area contributed by atoms with Gasteiger partial charge in [-0.05, 0) is 30.3 Å². The summed E-state index contributed by atoms with van der Waals surface area (Å²) >= 11 is 3.32. The van der Waals surface area contributed by atoms with Crippen LogP contribution in [0.4, 0.5) is 0 Å². The molecule has 1 N–H and O–H groups in total. The molecule has 0 bridgehead atoms. The van der Waals surface area contributed by atoms with Gasteiger partial charge < -0.3 is 9.84 Å². The van der Waals surface area contributed by atoms with Gasteiger partial charge >= 0.3 is 5.97 Å². The molecule has 0 radical (unpaired) electrons. The lowest BCUT2D eigenvalue weighted by molar-refractivity contribution is 0.0690. The molecule has 0 unspecified atom stereocenters. The second-order valence-corrected chi connectivity index (χ2v) is 4.15. The van der Waals surface area contributed by atoms with Crippen LogP contribution in [0.3, 0.4) is 0 Å². The number of carboxylic acids is 1. The maximum atomic E-state index is 10.7. The van der Waals surface area contributed by atoms with Gasteiger partial charge in [0.2, 0.25) is 0 Å². The average Bonchev–Trinajstić information content (AvgIpc) is 2.32. The van der Waals surface area contributed by atoms with Crippen LogP contribution < -0.4 is 4.74 Å². The predicted molar refractivity (Wildman–Crippen MR) is 65.4 cm³/mol. The molecule has 0 aliphatic heterocycles. The van der Waals surface area contributed by atoms with Crippen molar-refractivity contribution in [2.75, 3.05) is 0 Å². The molecule has 5 heteroatoms. The number of pyridine rings is 1. The molecule has 0 fully saturated rings. The van der Waals surface area contributed by atoms with E-state index in [0.29, 0.717) is 11.5 Å². The van der Waals surface area contributed by atoms with Crippen LogP contribution in [0.5, 0.6) is 11.5 Å². The molecule has 2 rings (SSSR count). The van der Waals surface area contributed by atoms with E-state index in [4.69, 9.17) is 9.84 Å². The summed E-state index contributed by atoms with van der Waals surface area (Å²) in [6, 6.07) is 10.2. The topological polar surface area (TPSA) is 59.4 Å². The summed E-state index contributed by atoms with van der Waals surface area (Å²) in [5.41, 5.74) is -0.0420. The first-order valence-electron chi connectivity index (χ1n) is 4.78. The van der Waals surface area contributed by atoms with Crippen molar-refractivity contribution in [3.63, 3.8) is 0 Å². The number of halogens is 1. The van der Waals surface area contributed by atoms with Gasteiger partial charge in [0, 0.05) is 16.7 Å². The molecule has 0 amide bonds. The van der Waals surface area contributed by atoms with Gasteiger partial charge in [0.1, 0.15) is 11.5 Å². The van der Waals surface area contributed by atoms with E-state index in [9.17, 15) is 4.79 Å². The Balaban J connectivity index is 2.21. The van der Waals surface area contributed by atoms with Crippen LogP contribution in [-0.4, -0.2) is 16.1 Å². The van der Waals surface area contributed by atoms with Crippen LogP contribution in [0, 0.1) is 0 Å². The number of nitrogens with zero attached hydrogens (tertiary/aromatic N) is 1. The molecule has 0 saturated heterocycles. The van der Waals surface area contributed by atoms with Gasteiger partial charge in [-0.3, -0.25) is 0 Å². The predicted octanol–water partition coefficient (Wildman–Crippen LogP) is 3.33.